The molecule has 104 valence electrons. The van der Waals surface area contributed by atoms with Gasteiger partial charge in [-0.1, -0.05) is 11.3 Å². The fraction of sp³-hybridized carbons (Fsp3) is 0.250. The second-order valence-electron chi connectivity index (χ2n) is 3.70. The number of nitrogens with one attached hydrogen (secondary N) is 1. The van der Waals surface area contributed by atoms with Crippen LogP contribution in [0.15, 0.2) is 18.6 Å². The number of aromatic nitrogens is 3. The summed E-state index contributed by atoms with van der Waals surface area (Å²) in [7, 11) is 0. The normalized spacial score (nSPS) is 10.1. The molecule has 8 heteroatoms. The molecule has 0 unspecified atom stereocenters. The number of thiazole rings is 1. The maximum absolute atomic E-state index is 11.9. The molecule has 0 radical (unpaired) electrons. The summed E-state index contributed by atoms with van der Waals surface area (Å²) in [6, 6.07) is 0. The molecular weight excluding hydrogens is 280 g/mol. The average molecular weight is 292 g/mol. The first-order valence-corrected chi connectivity index (χ1v) is 6.65. The third kappa shape index (κ3) is 3.15. The molecule has 0 aliphatic carbocycles. The van der Waals surface area contributed by atoms with E-state index in [1.54, 1.807) is 13.8 Å². The number of hydrogen-bond acceptors (Lipinski definition) is 7. The van der Waals surface area contributed by atoms with E-state index in [9.17, 15) is 9.59 Å². The molecule has 0 aromatic carbocycles. The van der Waals surface area contributed by atoms with Gasteiger partial charge >= 0.3 is 5.97 Å². The van der Waals surface area contributed by atoms with Crippen LogP contribution in [-0.4, -0.2) is 33.4 Å². The van der Waals surface area contributed by atoms with E-state index in [0.717, 1.165) is 11.3 Å². The molecule has 2 aromatic heterocycles. The molecule has 0 aliphatic heterocycles. The Morgan fingerprint density at radius 2 is 2.20 bits per heavy atom. The van der Waals surface area contributed by atoms with Crippen LogP contribution in [0.25, 0.3) is 0 Å². The van der Waals surface area contributed by atoms with Gasteiger partial charge in [-0.15, -0.1) is 0 Å². The van der Waals surface area contributed by atoms with Crippen LogP contribution < -0.4 is 5.32 Å². The molecule has 0 saturated carbocycles. The van der Waals surface area contributed by atoms with Crippen molar-refractivity contribution in [3.63, 3.8) is 0 Å². The standard InChI is InChI=1S/C12H12N4O3S/c1-3-19-11(18)9-7(2)15-12(20-9)16-10(17)8-6-13-4-5-14-8/h4-6H,3H2,1-2H3,(H,15,16,17). The lowest BCUT2D eigenvalue weighted by molar-refractivity contribution is 0.0531. The van der Waals surface area contributed by atoms with E-state index in [2.05, 4.69) is 20.3 Å². The maximum Gasteiger partial charge on any atom is 0.350 e. The summed E-state index contributed by atoms with van der Waals surface area (Å²) in [5.41, 5.74) is 0.695. The van der Waals surface area contributed by atoms with Crippen LogP contribution in [0.4, 0.5) is 5.13 Å². The van der Waals surface area contributed by atoms with Crippen molar-refractivity contribution in [1.82, 2.24) is 15.0 Å². The van der Waals surface area contributed by atoms with Gasteiger partial charge in [0.15, 0.2) is 5.13 Å². The summed E-state index contributed by atoms with van der Waals surface area (Å²) in [6.45, 7) is 3.70. The zero-order valence-electron chi connectivity index (χ0n) is 10.9. The van der Waals surface area contributed by atoms with Crippen LogP contribution in [0.2, 0.25) is 0 Å². The monoisotopic (exact) mass is 292 g/mol. The number of amides is 1. The molecule has 1 N–H and O–H groups in total. The van der Waals surface area contributed by atoms with Gasteiger partial charge in [-0.25, -0.2) is 14.8 Å². The Bertz CT molecular complexity index is 627. The molecule has 0 aliphatic rings. The molecule has 2 aromatic rings. The lowest BCUT2D eigenvalue weighted by Gasteiger charge is -1.99. The van der Waals surface area contributed by atoms with Gasteiger partial charge in [0, 0.05) is 12.4 Å². The number of hydrogen-bond donors (Lipinski definition) is 1. The highest BCUT2D eigenvalue weighted by atomic mass is 32.1. The van der Waals surface area contributed by atoms with E-state index in [4.69, 9.17) is 4.74 Å². The second-order valence-corrected chi connectivity index (χ2v) is 4.70. The van der Waals surface area contributed by atoms with Crippen molar-refractivity contribution in [2.45, 2.75) is 13.8 Å². The van der Waals surface area contributed by atoms with Crippen molar-refractivity contribution in [3.8, 4) is 0 Å². The Kier molecular flexibility index (Phi) is 4.36. The average Bonchev–Trinajstić information content (AvgIpc) is 2.81. The van der Waals surface area contributed by atoms with Gasteiger partial charge in [-0.2, -0.15) is 0 Å². The van der Waals surface area contributed by atoms with Gasteiger partial charge in [0.05, 0.1) is 18.5 Å². The molecule has 20 heavy (non-hydrogen) atoms. The largest absolute Gasteiger partial charge is 0.462 e. The maximum atomic E-state index is 11.9. The van der Waals surface area contributed by atoms with Crippen LogP contribution in [0.3, 0.4) is 0 Å². The minimum atomic E-state index is -0.442. The summed E-state index contributed by atoms with van der Waals surface area (Å²) < 4.78 is 4.91. The third-order valence-corrected chi connectivity index (χ3v) is 3.33. The van der Waals surface area contributed by atoms with E-state index in [0.29, 0.717) is 15.7 Å². The Labute approximate surface area is 119 Å². The summed E-state index contributed by atoms with van der Waals surface area (Å²) in [6.07, 6.45) is 4.25. The molecule has 0 saturated heterocycles. The summed E-state index contributed by atoms with van der Waals surface area (Å²) in [4.78, 5) is 35.7. The van der Waals surface area contributed by atoms with Crippen LogP contribution in [0.5, 0.6) is 0 Å². The Morgan fingerprint density at radius 3 is 2.85 bits per heavy atom. The first kappa shape index (κ1) is 14.1. The topological polar surface area (TPSA) is 94.1 Å². The van der Waals surface area contributed by atoms with Crippen molar-refractivity contribution >= 4 is 28.3 Å². The smallest absolute Gasteiger partial charge is 0.350 e. The highest BCUT2D eigenvalue weighted by Gasteiger charge is 2.18. The highest BCUT2D eigenvalue weighted by molar-refractivity contribution is 7.17. The zero-order valence-corrected chi connectivity index (χ0v) is 11.7. The predicted octanol–water partition coefficient (Wildman–Crippen LogP) is 1.67. The van der Waals surface area contributed by atoms with Gasteiger partial charge in [-0.05, 0) is 13.8 Å². The minimum Gasteiger partial charge on any atom is -0.462 e. The van der Waals surface area contributed by atoms with E-state index in [1.807, 2.05) is 0 Å². The van der Waals surface area contributed by atoms with Gasteiger partial charge in [0.1, 0.15) is 10.6 Å². The quantitative estimate of drug-likeness (QED) is 0.861. The van der Waals surface area contributed by atoms with Crippen LogP contribution in [0.1, 0.15) is 32.8 Å². The highest BCUT2D eigenvalue weighted by Crippen LogP contribution is 2.23. The number of aryl methyl sites for hydroxylation is 1. The first-order valence-electron chi connectivity index (χ1n) is 5.83. The van der Waals surface area contributed by atoms with Crippen LogP contribution >= 0.6 is 11.3 Å². The van der Waals surface area contributed by atoms with Crippen molar-refractivity contribution < 1.29 is 14.3 Å². The van der Waals surface area contributed by atoms with E-state index < -0.39 is 11.9 Å². The number of rotatable bonds is 4. The van der Waals surface area contributed by atoms with Crippen molar-refractivity contribution in [2.24, 2.45) is 0 Å². The molecule has 1 amide bonds. The lowest BCUT2D eigenvalue weighted by Crippen LogP contribution is -2.13. The Hall–Kier alpha value is -2.35. The fourth-order valence-electron chi connectivity index (χ4n) is 1.41. The third-order valence-electron chi connectivity index (χ3n) is 2.27. The van der Waals surface area contributed by atoms with Gasteiger partial charge in [0.2, 0.25) is 0 Å². The number of nitrogens with zero attached hydrogens (tertiary/aromatic N) is 3. The lowest BCUT2D eigenvalue weighted by atomic mass is 10.4. The van der Waals surface area contributed by atoms with Gasteiger partial charge in [-0.3, -0.25) is 15.1 Å². The number of esters is 1. The molecule has 7 nitrogen and oxygen atoms in total. The van der Waals surface area contributed by atoms with Gasteiger partial charge < -0.3 is 4.74 Å². The molecule has 0 fully saturated rings. The van der Waals surface area contributed by atoms with E-state index in [1.165, 1.54) is 18.6 Å². The molecule has 0 atom stereocenters. The summed E-state index contributed by atoms with van der Waals surface area (Å²) in [5.74, 6) is -0.871. The van der Waals surface area contributed by atoms with E-state index >= 15 is 0 Å². The second kappa shape index (κ2) is 6.20. The number of anilines is 1. The van der Waals surface area contributed by atoms with Crippen LogP contribution in [-0.2, 0) is 4.74 Å². The molecular formula is C12H12N4O3S. The van der Waals surface area contributed by atoms with Crippen LogP contribution in [0, 0.1) is 6.92 Å². The zero-order chi connectivity index (χ0) is 14.5. The Morgan fingerprint density at radius 1 is 1.40 bits per heavy atom. The van der Waals surface area contributed by atoms with Gasteiger partial charge in [0.25, 0.3) is 5.91 Å². The predicted molar refractivity (Wildman–Crippen MR) is 72.8 cm³/mol. The SMILES string of the molecule is CCOC(=O)c1sc(NC(=O)c2cnccn2)nc1C. The first-order chi connectivity index (χ1) is 9.61. The Balaban J connectivity index is 2.13. The molecule has 2 heterocycles. The van der Waals surface area contributed by atoms with E-state index in [-0.39, 0.29) is 12.3 Å². The number of ether oxygens (including phenoxy) is 1. The van der Waals surface area contributed by atoms with Crippen molar-refractivity contribution in [2.75, 3.05) is 11.9 Å². The minimum absolute atomic E-state index is 0.179. The fourth-order valence-corrected chi connectivity index (χ4v) is 2.27. The number of carbonyl (C=O) groups is 2. The molecule has 0 spiro atoms. The van der Waals surface area contributed by atoms with Crippen molar-refractivity contribution in [1.29, 1.82) is 0 Å². The molecule has 2 rings (SSSR count). The molecule has 0 bridgehead atoms. The summed E-state index contributed by atoms with van der Waals surface area (Å²) in [5, 5.41) is 2.90. The van der Waals surface area contributed by atoms with Crippen molar-refractivity contribution in [3.05, 3.63) is 34.9 Å². The summed E-state index contributed by atoms with van der Waals surface area (Å²) >= 11 is 1.06. The number of carbonyl (C=O) groups excluding carboxylic acids is 2.